The van der Waals surface area contributed by atoms with Crippen LogP contribution in [0.5, 0.6) is 11.5 Å². The molecule has 0 N–H and O–H groups in total. The molecule has 0 amide bonds. The Kier molecular flexibility index (Phi) is 6.58. The maximum atomic E-state index is 11.7. The molecule has 0 bridgehead atoms. The van der Waals surface area contributed by atoms with Crippen LogP contribution in [0, 0.1) is 0 Å². The summed E-state index contributed by atoms with van der Waals surface area (Å²) in [6, 6.07) is 5.31. The Bertz CT molecular complexity index is 467. The summed E-state index contributed by atoms with van der Waals surface area (Å²) in [5.41, 5.74) is 0. The number of rotatable bonds is 2. The molecule has 0 aliphatic rings. The molecular weight excluding hydrogens is 320 g/mol. The van der Waals surface area contributed by atoms with Crippen LogP contribution in [-0.2, 0) is 8.26 Å². The summed E-state index contributed by atoms with van der Waals surface area (Å²) in [6.45, 7) is 0. The van der Waals surface area contributed by atoms with Crippen molar-refractivity contribution in [3.05, 3.63) is 24.3 Å². The minimum atomic E-state index is -4.66. The summed E-state index contributed by atoms with van der Waals surface area (Å²) in [4.78, 5) is 0. The number of benzene rings is 1. The van der Waals surface area contributed by atoms with Crippen molar-refractivity contribution in [3.63, 3.8) is 0 Å². The van der Waals surface area contributed by atoms with Gasteiger partial charge in [-0.3, -0.25) is 0 Å². The standard InChI is InChI=1S/C8H7F3O2.Cl2O2S/c1-12-6-3-2-4-7(5-6)13-8(9,10)11;1-5(2,3)4/h2-5H,1H3;. The molecule has 0 aliphatic carbocycles. The second-order valence-electron chi connectivity index (χ2n) is 2.61. The van der Waals surface area contributed by atoms with Crippen molar-refractivity contribution in [1.29, 1.82) is 0 Å². The van der Waals surface area contributed by atoms with Crippen LogP contribution in [0.25, 0.3) is 0 Å². The van der Waals surface area contributed by atoms with E-state index in [0.29, 0.717) is 5.75 Å². The van der Waals surface area contributed by atoms with Crippen LogP contribution in [0.1, 0.15) is 0 Å². The molecule has 10 heteroatoms. The average molecular weight is 327 g/mol. The number of hydrogen-bond acceptors (Lipinski definition) is 4. The summed E-state index contributed by atoms with van der Waals surface area (Å²) in [6.07, 6.45) is -4.66. The fourth-order valence-electron chi connectivity index (χ4n) is 0.798. The second kappa shape index (κ2) is 6.91. The van der Waals surface area contributed by atoms with Crippen molar-refractivity contribution in [2.24, 2.45) is 0 Å². The molecule has 4 nitrogen and oxygen atoms in total. The van der Waals surface area contributed by atoms with Crippen molar-refractivity contribution >= 4 is 29.6 Å². The van der Waals surface area contributed by atoms with E-state index < -0.39 is 14.6 Å². The zero-order valence-corrected chi connectivity index (χ0v) is 11.1. The third-order valence-corrected chi connectivity index (χ3v) is 1.27. The first-order valence-corrected chi connectivity index (χ1v) is 7.19. The Hall–Kier alpha value is -0.860. The maximum Gasteiger partial charge on any atom is 0.573 e. The molecule has 0 saturated carbocycles. The molecule has 0 aliphatic heterocycles. The van der Waals surface area contributed by atoms with Crippen LogP contribution >= 0.6 is 21.4 Å². The van der Waals surface area contributed by atoms with Gasteiger partial charge in [0, 0.05) is 27.4 Å². The molecule has 0 saturated heterocycles. The first-order valence-electron chi connectivity index (χ1n) is 4.05. The lowest BCUT2D eigenvalue weighted by Crippen LogP contribution is -2.17. The van der Waals surface area contributed by atoms with E-state index >= 15 is 0 Å². The van der Waals surface area contributed by atoms with Gasteiger partial charge in [0.2, 0.25) is 0 Å². The quantitative estimate of drug-likeness (QED) is 0.782. The van der Waals surface area contributed by atoms with Crippen LogP contribution in [0.4, 0.5) is 13.2 Å². The molecule has 1 aromatic carbocycles. The lowest BCUT2D eigenvalue weighted by atomic mass is 10.3. The van der Waals surface area contributed by atoms with Crippen LogP contribution < -0.4 is 9.47 Å². The highest BCUT2D eigenvalue weighted by molar-refractivity contribution is 8.31. The van der Waals surface area contributed by atoms with Crippen molar-refractivity contribution in [2.75, 3.05) is 7.11 Å². The lowest BCUT2D eigenvalue weighted by molar-refractivity contribution is -0.274. The van der Waals surface area contributed by atoms with Crippen molar-refractivity contribution in [1.82, 2.24) is 0 Å². The van der Waals surface area contributed by atoms with Crippen LogP contribution in [0.3, 0.4) is 0 Å². The molecule has 1 aromatic rings. The highest BCUT2D eigenvalue weighted by Gasteiger charge is 2.31. The van der Waals surface area contributed by atoms with Gasteiger partial charge < -0.3 is 9.47 Å². The Morgan fingerprint density at radius 3 is 2.00 bits per heavy atom. The van der Waals surface area contributed by atoms with Gasteiger partial charge in [-0.2, -0.15) is 8.42 Å². The number of hydrogen-bond donors (Lipinski definition) is 0. The lowest BCUT2D eigenvalue weighted by Gasteiger charge is -2.09. The van der Waals surface area contributed by atoms with Gasteiger partial charge in [-0.25, -0.2) is 0 Å². The molecule has 0 radical (unpaired) electrons. The Morgan fingerprint density at radius 2 is 1.61 bits per heavy atom. The fraction of sp³-hybridized carbons (Fsp3) is 0.250. The molecule has 0 unspecified atom stereocenters. The van der Waals surface area contributed by atoms with Gasteiger partial charge in [0.25, 0.3) is 0 Å². The van der Waals surface area contributed by atoms with Crippen LogP contribution in [0.2, 0.25) is 0 Å². The molecule has 104 valence electrons. The van der Waals surface area contributed by atoms with E-state index in [0.717, 1.165) is 6.07 Å². The topological polar surface area (TPSA) is 52.6 Å². The van der Waals surface area contributed by atoms with E-state index in [4.69, 9.17) is 13.2 Å². The van der Waals surface area contributed by atoms with Gasteiger partial charge in [-0.05, 0) is 12.1 Å². The van der Waals surface area contributed by atoms with Gasteiger partial charge in [0.1, 0.15) is 11.5 Å². The smallest absolute Gasteiger partial charge is 0.497 e. The maximum absolute atomic E-state index is 11.7. The zero-order chi connectivity index (χ0) is 14.4. The largest absolute Gasteiger partial charge is 0.573 e. The molecular formula is C8H7Cl2F3O4S. The van der Waals surface area contributed by atoms with Crippen LogP contribution in [-0.4, -0.2) is 21.9 Å². The minimum absolute atomic E-state index is 0.285. The van der Waals surface area contributed by atoms with E-state index in [1.165, 1.54) is 25.3 Å². The van der Waals surface area contributed by atoms with Crippen molar-refractivity contribution in [2.45, 2.75) is 6.36 Å². The Morgan fingerprint density at radius 1 is 1.17 bits per heavy atom. The minimum Gasteiger partial charge on any atom is -0.497 e. The molecule has 0 spiro atoms. The monoisotopic (exact) mass is 326 g/mol. The Balaban J connectivity index is 0.000000494. The highest BCUT2D eigenvalue weighted by Crippen LogP contribution is 2.25. The third kappa shape index (κ3) is 11.6. The van der Waals surface area contributed by atoms with Crippen molar-refractivity contribution in [3.8, 4) is 11.5 Å². The van der Waals surface area contributed by atoms with Crippen LogP contribution in [0.15, 0.2) is 24.3 Å². The average Bonchev–Trinajstić information content (AvgIpc) is 2.12. The highest BCUT2D eigenvalue weighted by atomic mass is 36.0. The van der Waals surface area contributed by atoms with E-state index in [2.05, 4.69) is 26.1 Å². The fourth-order valence-corrected chi connectivity index (χ4v) is 0.798. The summed E-state index contributed by atoms with van der Waals surface area (Å²) < 4.78 is 61.9. The Labute approximate surface area is 110 Å². The molecule has 0 atom stereocenters. The van der Waals surface area contributed by atoms with Gasteiger partial charge in [-0.15, -0.1) is 13.2 Å². The third-order valence-electron chi connectivity index (χ3n) is 1.27. The number of alkyl halides is 3. The van der Waals surface area contributed by atoms with E-state index in [1.54, 1.807) is 0 Å². The molecule has 0 fully saturated rings. The van der Waals surface area contributed by atoms with E-state index in [-0.39, 0.29) is 5.75 Å². The molecule has 18 heavy (non-hydrogen) atoms. The summed E-state index contributed by atoms with van der Waals surface area (Å²) in [5.74, 6) is 0.0357. The van der Waals surface area contributed by atoms with Gasteiger partial charge in [-0.1, -0.05) is 6.07 Å². The van der Waals surface area contributed by atoms with Gasteiger partial charge >= 0.3 is 14.6 Å². The first-order chi connectivity index (χ1) is 8.01. The normalized spacial score (nSPS) is 11.2. The van der Waals surface area contributed by atoms with Gasteiger partial charge in [0.05, 0.1) is 7.11 Å². The summed E-state index contributed by atoms with van der Waals surface area (Å²) in [5, 5.41) is 0. The van der Waals surface area contributed by atoms with Gasteiger partial charge in [0.15, 0.2) is 0 Å². The van der Waals surface area contributed by atoms with E-state index in [9.17, 15) is 13.2 Å². The van der Waals surface area contributed by atoms with Crippen molar-refractivity contribution < 1.29 is 31.1 Å². The predicted molar refractivity (Wildman–Crippen MR) is 60.3 cm³/mol. The number of halogens is 5. The summed E-state index contributed by atoms with van der Waals surface area (Å²) in [7, 11) is 6.18. The number of ether oxygens (including phenoxy) is 2. The predicted octanol–water partition coefficient (Wildman–Crippen LogP) is 3.30. The SMILES string of the molecule is COc1cccc(OC(F)(F)F)c1.O=S(=O)(Cl)Cl. The van der Waals surface area contributed by atoms with E-state index in [1.807, 2.05) is 0 Å². The molecule has 0 heterocycles. The summed E-state index contributed by atoms with van der Waals surface area (Å²) >= 11 is 0. The number of methoxy groups -OCH3 is 1. The molecule has 0 aromatic heterocycles. The zero-order valence-electron chi connectivity index (χ0n) is 8.74. The second-order valence-corrected chi connectivity index (χ2v) is 6.27. The molecule has 1 rings (SSSR count). The first kappa shape index (κ1) is 17.1.